The third-order valence-electron chi connectivity index (χ3n) is 5.75. The Bertz CT molecular complexity index is 817. The van der Waals surface area contributed by atoms with Crippen molar-refractivity contribution < 1.29 is 20.1 Å². The smallest absolute Gasteiger partial charge is 0.140 e. The van der Waals surface area contributed by atoms with E-state index in [1.165, 1.54) is 12.1 Å². The number of fused-ring (bicyclic) bond motifs is 1. The normalized spacial score (nSPS) is 27.6. The van der Waals surface area contributed by atoms with Gasteiger partial charge in [-0.1, -0.05) is 12.1 Å². The number of aliphatic hydroxyl groups is 1. The number of hydrogen-bond acceptors (Lipinski definition) is 5. The lowest BCUT2D eigenvalue weighted by Gasteiger charge is -2.60. The summed E-state index contributed by atoms with van der Waals surface area (Å²) in [6.07, 6.45) is 0. The van der Waals surface area contributed by atoms with Crippen LogP contribution in [0.2, 0.25) is 0 Å². The Hall–Kier alpha value is -2.24. The van der Waals surface area contributed by atoms with E-state index in [2.05, 4.69) is 0 Å². The molecule has 5 nitrogen and oxygen atoms in total. The van der Waals surface area contributed by atoms with Crippen LogP contribution in [-0.4, -0.2) is 45.5 Å². The van der Waals surface area contributed by atoms with Gasteiger partial charge in [0.1, 0.15) is 28.5 Å². The van der Waals surface area contributed by atoms with Gasteiger partial charge < -0.3 is 20.1 Å². The third kappa shape index (κ3) is 2.23. The van der Waals surface area contributed by atoms with Crippen molar-refractivity contribution in [3.8, 4) is 17.2 Å². The van der Waals surface area contributed by atoms with Crippen molar-refractivity contribution in [3.63, 3.8) is 0 Å². The average molecular weight is 343 g/mol. The Morgan fingerprint density at radius 2 is 1.56 bits per heavy atom. The van der Waals surface area contributed by atoms with Crippen LogP contribution in [0.1, 0.15) is 31.9 Å². The van der Waals surface area contributed by atoms with Gasteiger partial charge in [-0.2, -0.15) is 0 Å². The fraction of sp³-hybridized carbons (Fsp3) is 0.400. The number of benzene rings is 2. The molecule has 134 valence electrons. The van der Waals surface area contributed by atoms with E-state index in [0.29, 0.717) is 16.9 Å². The first kappa shape index (κ1) is 17.6. The summed E-state index contributed by atoms with van der Waals surface area (Å²) in [7, 11) is 3.76. The second-order valence-corrected chi connectivity index (χ2v) is 7.52. The highest BCUT2D eigenvalue weighted by molar-refractivity contribution is 5.55. The summed E-state index contributed by atoms with van der Waals surface area (Å²) in [6, 6.07) is 11.3. The summed E-state index contributed by atoms with van der Waals surface area (Å²) in [5, 5.41) is 32.2. The van der Waals surface area contributed by atoms with E-state index in [0.717, 1.165) is 0 Å². The molecular formula is C20H25NO4. The van der Waals surface area contributed by atoms with Gasteiger partial charge in [-0.3, -0.25) is 4.90 Å². The largest absolute Gasteiger partial charge is 0.508 e. The molecule has 0 spiro atoms. The van der Waals surface area contributed by atoms with Crippen LogP contribution in [0.5, 0.6) is 17.2 Å². The molecule has 0 bridgehead atoms. The Morgan fingerprint density at radius 1 is 0.920 bits per heavy atom. The molecule has 0 saturated heterocycles. The first-order valence-electron chi connectivity index (χ1n) is 8.26. The van der Waals surface area contributed by atoms with Crippen molar-refractivity contribution in [3.05, 3.63) is 53.6 Å². The third-order valence-corrected chi connectivity index (χ3v) is 5.75. The second-order valence-electron chi connectivity index (χ2n) is 7.52. The van der Waals surface area contributed by atoms with Crippen LogP contribution in [0.25, 0.3) is 0 Å². The Kier molecular flexibility index (Phi) is 3.78. The zero-order valence-corrected chi connectivity index (χ0v) is 15.2. The van der Waals surface area contributed by atoms with E-state index < -0.39 is 16.7 Å². The summed E-state index contributed by atoms with van der Waals surface area (Å²) in [6.45, 7) is 5.77. The fourth-order valence-electron chi connectivity index (χ4n) is 3.99. The van der Waals surface area contributed by atoms with E-state index in [9.17, 15) is 15.3 Å². The van der Waals surface area contributed by atoms with Crippen LogP contribution in [-0.2, 0) is 5.60 Å². The van der Waals surface area contributed by atoms with Crippen LogP contribution >= 0.6 is 0 Å². The van der Waals surface area contributed by atoms with Gasteiger partial charge in [0.15, 0.2) is 0 Å². The van der Waals surface area contributed by atoms with E-state index in [4.69, 9.17) is 4.74 Å². The highest BCUT2D eigenvalue weighted by Gasteiger charge is 2.64. The number of rotatable bonds is 2. The van der Waals surface area contributed by atoms with Gasteiger partial charge in [0.05, 0.1) is 5.54 Å². The molecule has 2 atom stereocenters. The summed E-state index contributed by atoms with van der Waals surface area (Å²) < 4.78 is 6.22. The van der Waals surface area contributed by atoms with Gasteiger partial charge in [-0.25, -0.2) is 0 Å². The van der Waals surface area contributed by atoms with Crippen molar-refractivity contribution in [1.29, 1.82) is 0 Å². The van der Waals surface area contributed by atoms with Crippen LogP contribution in [0.4, 0.5) is 0 Å². The maximum atomic E-state index is 12.1. The molecular weight excluding hydrogens is 318 g/mol. The van der Waals surface area contributed by atoms with Crippen molar-refractivity contribution >= 4 is 0 Å². The molecule has 2 unspecified atom stereocenters. The molecule has 25 heavy (non-hydrogen) atoms. The molecule has 0 radical (unpaired) electrons. The molecule has 5 heteroatoms. The number of aromatic hydroxyl groups is 2. The first-order chi connectivity index (χ1) is 11.5. The topological polar surface area (TPSA) is 73.2 Å². The number of phenols is 2. The van der Waals surface area contributed by atoms with E-state index in [1.54, 1.807) is 30.3 Å². The highest BCUT2D eigenvalue weighted by atomic mass is 16.5. The van der Waals surface area contributed by atoms with Crippen molar-refractivity contribution in [2.75, 3.05) is 14.1 Å². The monoisotopic (exact) mass is 343 g/mol. The predicted molar refractivity (Wildman–Crippen MR) is 96.0 cm³/mol. The molecule has 0 aliphatic carbocycles. The number of nitrogens with zero attached hydrogens (tertiary/aromatic N) is 1. The molecule has 3 N–H and O–H groups in total. The van der Waals surface area contributed by atoms with Gasteiger partial charge in [0, 0.05) is 5.56 Å². The molecule has 1 aliphatic rings. The minimum absolute atomic E-state index is 0.0433. The quantitative estimate of drug-likeness (QED) is 0.782. The van der Waals surface area contributed by atoms with Crippen molar-refractivity contribution in [2.24, 2.45) is 0 Å². The summed E-state index contributed by atoms with van der Waals surface area (Å²) in [5.41, 5.74) is -2.18. The number of phenolic OH excluding ortho intramolecular Hbond substituents is 2. The SMILES string of the molecule is CN(C)C1(C)C(C)(C)Oc2ccc(O)cc2C1(O)c1cccc(O)c1. The fourth-order valence-corrected chi connectivity index (χ4v) is 3.99. The molecule has 2 aromatic carbocycles. The minimum atomic E-state index is -1.52. The summed E-state index contributed by atoms with van der Waals surface area (Å²) in [5.74, 6) is 0.618. The lowest BCUT2D eigenvalue weighted by atomic mass is 9.62. The molecule has 1 aliphatic heterocycles. The molecule has 0 aromatic heterocycles. The van der Waals surface area contributed by atoms with Crippen LogP contribution in [0.15, 0.2) is 42.5 Å². The lowest BCUT2D eigenvalue weighted by molar-refractivity contribution is -0.173. The van der Waals surface area contributed by atoms with Crippen LogP contribution in [0, 0.1) is 0 Å². The highest BCUT2D eigenvalue weighted by Crippen LogP contribution is 2.56. The second kappa shape index (κ2) is 5.38. The zero-order valence-electron chi connectivity index (χ0n) is 15.2. The number of likely N-dealkylation sites (N-methyl/N-ethyl adjacent to an activating group) is 1. The van der Waals surface area contributed by atoms with Crippen LogP contribution in [0.3, 0.4) is 0 Å². The predicted octanol–water partition coefficient (Wildman–Crippen LogP) is 2.83. The standard InChI is InChI=1S/C20H25NO4/c1-18(2)19(3,21(4)5)20(24,13-7-6-8-14(22)11-13)16-12-15(23)9-10-17(16)25-18/h6-12,22-24H,1-5H3. The maximum absolute atomic E-state index is 12.1. The van der Waals surface area contributed by atoms with Gasteiger partial charge in [0.2, 0.25) is 0 Å². The van der Waals surface area contributed by atoms with Gasteiger partial charge in [-0.15, -0.1) is 0 Å². The number of hydrogen-bond donors (Lipinski definition) is 3. The molecule has 2 aromatic rings. The number of ether oxygens (including phenoxy) is 1. The zero-order chi connectivity index (χ0) is 18.6. The lowest BCUT2D eigenvalue weighted by Crippen LogP contribution is -2.73. The first-order valence-corrected chi connectivity index (χ1v) is 8.26. The molecule has 0 fully saturated rings. The van der Waals surface area contributed by atoms with Crippen molar-refractivity contribution in [2.45, 2.75) is 37.5 Å². The van der Waals surface area contributed by atoms with Gasteiger partial charge >= 0.3 is 0 Å². The minimum Gasteiger partial charge on any atom is -0.508 e. The average Bonchev–Trinajstić information content (AvgIpc) is 2.53. The Labute approximate surface area is 148 Å². The van der Waals surface area contributed by atoms with E-state index in [1.807, 2.05) is 39.8 Å². The Balaban J connectivity index is 2.43. The van der Waals surface area contributed by atoms with Crippen molar-refractivity contribution in [1.82, 2.24) is 4.90 Å². The molecule has 0 amide bonds. The van der Waals surface area contributed by atoms with Crippen LogP contribution < -0.4 is 4.74 Å². The van der Waals surface area contributed by atoms with Gasteiger partial charge in [0.25, 0.3) is 0 Å². The Morgan fingerprint density at radius 3 is 2.16 bits per heavy atom. The summed E-state index contributed by atoms with van der Waals surface area (Å²) in [4.78, 5) is 1.92. The van der Waals surface area contributed by atoms with Gasteiger partial charge in [-0.05, 0) is 70.8 Å². The van der Waals surface area contributed by atoms with E-state index in [-0.39, 0.29) is 11.5 Å². The molecule has 0 saturated carbocycles. The molecule has 3 rings (SSSR count). The maximum Gasteiger partial charge on any atom is 0.140 e. The molecule has 1 heterocycles. The summed E-state index contributed by atoms with van der Waals surface area (Å²) >= 11 is 0. The van der Waals surface area contributed by atoms with E-state index >= 15 is 0 Å².